The van der Waals surface area contributed by atoms with Crippen LogP contribution in [0.1, 0.15) is 43.0 Å². The number of carboxylic acid groups (broad SMARTS) is 1. The number of carbonyl (C=O) groups is 3. The molecule has 0 aliphatic heterocycles. The molecule has 1 aromatic rings. The second-order valence-corrected chi connectivity index (χ2v) is 5.57. The van der Waals surface area contributed by atoms with Gasteiger partial charge in [0.2, 0.25) is 0 Å². The molecule has 1 rings (SSSR count). The number of hydrogen-bond acceptors (Lipinski definition) is 6. The van der Waals surface area contributed by atoms with Crippen molar-refractivity contribution >= 4 is 17.9 Å². The first-order valence-electron chi connectivity index (χ1n) is 8.13. The monoisotopic (exact) mass is 352 g/mol. The molecule has 0 heterocycles. The van der Waals surface area contributed by atoms with Crippen molar-refractivity contribution < 1.29 is 33.7 Å². The lowest BCUT2D eigenvalue weighted by Gasteiger charge is -2.11. The molecule has 0 bridgehead atoms. The molecule has 1 N–H and O–H groups in total. The quantitative estimate of drug-likeness (QED) is 0.483. The number of unbranched alkanes of at least 4 members (excludes halogenated alkanes) is 1. The number of ether oxygens (including phenoxy) is 3. The van der Waals surface area contributed by atoms with Crippen molar-refractivity contribution in [3.05, 3.63) is 29.8 Å². The lowest BCUT2D eigenvalue weighted by atomic mass is 10.0. The Hall–Kier alpha value is -2.57. The highest BCUT2D eigenvalue weighted by Crippen LogP contribution is 2.13. The van der Waals surface area contributed by atoms with Crippen LogP contribution in [0.5, 0.6) is 5.75 Å². The molecule has 0 spiro atoms. The Balaban J connectivity index is 2.19. The maximum atomic E-state index is 11.8. The van der Waals surface area contributed by atoms with Crippen molar-refractivity contribution in [3.8, 4) is 5.75 Å². The van der Waals surface area contributed by atoms with Gasteiger partial charge in [-0.2, -0.15) is 0 Å². The zero-order valence-electron chi connectivity index (χ0n) is 14.5. The van der Waals surface area contributed by atoms with Gasteiger partial charge >= 0.3 is 17.9 Å². The van der Waals surface area contributed by atoms with E-state index in [1.54, 1.807) is 31.2 Å². The number of hydrogen-bond donors (Lipinski definition) is 1. The maximum Gasteiger partial charge on any atom is 0.338 e. The summed E-state index contributed by atoms with van der Waals surface area (Å²) in [6.45, 7) is 1.69. The Morgan fingerprint density at radius 3 is 2.28 bits per heavy atom. The number of carbonyl (C=O) groups excluding carboxylic acids is 2. The Morgan fingerprint density at radius 2 is 1.68 bits per heavy atom. The van der Waals surface area contributed by atoms with Gasteiger partial charge in [0.1, 0.15) is 19.0 Å². The minimum absolute atomic E-state index is 0.0137. The summed E-state index contributed by atoms with van der Waals surface area (Å²) in [4.78, 5) is 34.0. The molecule has 0 saturated carbocycles. The lowest BCUT2D eigenvalue weighted by molar-refractivity contribution is -0.149. The summed E-state index contributed by atoms with van der Waals surface area (Å²) in [7, 11) is 1.54. The Labute approximate surface area is 146 Å². The molecule has 1 atom stereocenters. The molecule has 7 heteroatoms. The molecule has 1 aromatic carbocycles. The standard InChI is InChI=1S/C18H24O7/c1-13(5-3-4-6-16(19)20)17(21)24-11-12-25-18(22)14-7-9-15(23-2)10-8-14/h7-10,13H,3-6,11-12H2,1-2H3,(H,19,20). The lowest BCUT2D eigenvalue weighted by Crippen LogP contribution is -2.19. The predicted molar refractivity (Wildman–Crippen MR) is 89.5 cm³/mol. The second kappa shape index (κ2) is 11.1. The zero-order chi connectivity index (χ0) is 18.7. The smallest absolute Gasteiger partial charge is 0.338 e. The van der Waals surface area contributed by atoms with E-state index in [9.17, 15) is 14.4 Å². The van der Waals surface area contributed by atoms with Gasteiger partial charge in [-0.1, -0.05) is 13.3 Å². The SMILES string of the molecule is COc1ccc(C(=O)OCCOC(=O)C(C)CCCCC(=O)O)cc1. The second-order valence-electron chi connectivity index (χ2n) is 5.57. The average Bonchev–Trinajstić information content (AvgIpc) is 2.61. The summed E-state index contributed by atoms with van der Waals surface area (Å²) >= 11 is 0. The molecule has 7 nitrogen and oxygen atoms in total. The molecule has 0 saturated heterocycles. The molecule has 0 aromatic heterocycles. The van der Waals surface area contributed by atoms with E-state index >= 15 is 0 Å². The van der Waals surface area contributed by atoms with Gasteiger partial charge < -0.3 is 19.3 Å². The predicted octanol–water partition coefficient (Wildman–Crippen LogP) is 2.68. The fraction of sp³-hybridized carbons (Fsp3) is 0.500. The van der Waals surface area contributed by atoms with Crippen LogP contribution in [0.4, 0.5) is 0 Å². The minimum Gasteiger partial charge on any atom is -0.497 e. The van der Waals surface area contributed by atoms with Gasteiger partial charge in [0.25, 0.3) is 0 Å². The molecule has 1 unspecified atom stereocenters. The molecule has 0 radical (unpaired) electrons. The fourth-order valence-electron chi connectivity index (χ4n) is 2.07. The number of aliphatic carboxylic acids is 1. The Morgan fingerprint density at radius 1 is 1.04 bits per heavy atom. The number of rotatable bonds is 11. The molecular weight excluding hydrogens is 328 g/mol. The van der Waals surface area contributed by atoms with Crippen molar-refractivity contribution in [2.24, 2.45) is 5.92 Å². The van der Waals surface area contributed by atoms with Crippen molar-refractivity contribution in [1.82, 2.24) is 0 Å². The van der Waals surface area contributed by atoms with Gasteiger partial charge in [0, 0.05) is 6.42 Å². The van der Waals surface area contributed by atoms with Crippen LogP contribution >= 0.6 is 0 Å². The van der Waals surface area contributed by atoms with Crippen LogP contribution in [-0.4, -0.2) is 43.3 Å². The van der Waals surface area contributed by atoms with E-state index < -0.39 is 11.9 Å². The first-order valence-corrected chi connectivity index (χ1v) is 8.13. The highest BCUT2D eigenvalue weighted by molar-refractivity contribution is 5.89. The summed E-state index contributed by atoms with van der Waals surface area (Å²) in [5.74, 6) is -1.39. The topological polar surface area (TPSA) is 99.1 Å². The van der Waals surface area contributed by atoms with Gasteiger partial charge in [0.15, 0.2) is 0 Å². The normalized spacial score (nSPS) is 11.4. The maximum absolute atomic E-state index is 11.8. The van der Waals surface area contributed by atoms with Crippen molar-refractivity contribution in [2.75, 3.05) is 20.3 Å². The van der Waals surface area contributed by atoms with E-state index in [0.29, 0.717) is 30.6 Å². The largest absolute Gasteiger partial charge is 0.497 e. The van der Waals surface area contributed by atoms with E-state index in [2.05, 4.69) is 0 Å². The van der Waals surface area contributed by atoms with Crippen molar-refractivity contribution in [3.63, 3.8) is 0 Å². The van der Waals surface area contributed by atoms with E-state index in [1.807, 2.05) is 0 Å². The number of methoxy groups -OCH3 is 1. The van der Waals surface area contributed by atoms with Gasteiger partial charge in [-0.3, -0.25) is 9.59 Å². The van der Waals surface area contributed by atoms with Crippen LogP contribution in [0, 0.1) is 5.92 Å². The molecule has 0 aliphatic rings. The fourth-order valence-corrected chi connectivity index (χ4v) is 2.07. The third-order valence-corrected chi connectivity index (χ3v) is 3.57. The summed E-state index contributed by atoms with van der Waals surface area (Å²) < 4.78 is 15.1. The summed E-state index contributed by atoms with van der Waals surface area (Å²) in [6.07, 6.45) is 1.85. The minimum atomic E-state index is -0.839. The van der Waals surface area contributed by atoms with Crippen LogP contribution in [-0.2, 0) is 19.1 Å². The summed E-state index contributed by atoms with van der Waals surface area (Å²) in [5, 5.41) is 8.55. The molecule has 138 valence electrons. The first-order chi connectivity index (χ1) is 11.9. The highest BCUT2D eigenvalue weighted by Gasteiger charge is 2.15. The third kappa shape index (κ3) is 8.19. The molecular formula is C18H24O7. The molecule has 0 amide bonds. The third-order valence-electron chi connectivity index (χ3n) is 3.57. The average molecular weight is 352 g/mol. The molecule has 0 fully saturated rings. The van der Waals surface area contributed by atoms with Crippen LogP contribution < -0.4 is 4.74 Å². The Kier molecular flexibility index (Phi) is 9.06. The van der Waals surface area contributed by atoms with E-state index in [-0.39, 0.29) is 31.5 Å². The van der Waals surface area contributed by atoms with Crippen LogP contribution in [0.2, 0.25) is 0 Å². The van der Waals surface area contributed by atoms with Gasteiger partial charge in [0.05, 0.1) is 18.6 Å². The number of benzene rings is 1. The van der Waals surface area contributed by atoms with E-state index in [1.165, 1.54) is 7.11 Å². The summed E-state index contributed by atoms with van der Waals surface area (Å²) in [6, 6.07) is 6.49. The van der Waals surface area contributed by atoms with E-state index in [0.717, 1.165) is 0 Å². The van der Waals surface area contributed by atoms with Crippen LogP contribution in [0.15, 0.2) is 24.3 Å². The number of esters is 2. The Bertz CT molecular complexity index is 565. The van der Waals surface area contributed by atoms with E-state index in [4.69, 9.17) is 19.3 Å². The van der Waals surface area contributed by atoms with Crippen LogP contribution in [0.3, 0.4) is 0 Å². The van der Waals surface area contributed by atoms with Crippen molar-refractivity contribution in [1.29, 1.82) is 0 Å². The molecule has 25 heavy (non-hydrogen) atoms. The van der Waals surface area contributed by atoms with Gasteiger partial charge in [-0.15, -0.1) is 0 Å². The van der Waals surface area contributed by atoms with Crippen LogP contribution in [0.25, 0.3) is 0 Å². The van der Waals surface area contributed by atoms with Gasteiger partial charge in [-0.25, -0.2) is 4.79 Å². The molecule has 0 aliphatic carbocycles. The zero-order valence-corrected chi connectivity index (χ0v) is 14.5. The number of carboxylic acids is 1. The first kappa shape index (κ1) is 20.5. The highest BCUT2D eigenvalue weighted by atomic mass is 16.6. The van der Waals surface area contributed by atoms with Gasteiger partial charge in [-0.05, 0) is 37.1 Å². The van der Waals surface area contributed by atoms with Crippen molar-refractivity contribution in [2.45, 2.75) is 32.6 Å². The summed E-state index contributed by atoms with van der Waals surface area (Å²) in [5.41, 5.74) is 0.388.